The minimum absolute atomic E-state index is 0.0557. The lowest BCUT2D eigenvalue weighted by molar-refractivity contribution is 0.602. The van der Waals surface area contributed by atoms with Crippen molar-refractivity contribution in [3.05, 3.63) is 36.9 Å². The molecule has 17 heavy (non-hydrogen) atoms. The van der Waals surface area contributed by atoms with Crippen molar-refractivity contribution < 1.29 is 8.42 Å². The quantitative estimate of drug-likeness (QED) is 0.881. The molecule has 1 N–H and O–H groups in total. The smallest absolute Gasteiger partial charge is 0.232 e. The Bertz CT molecular complexity index is 575. The van der Waals surface area contributed by atoms with Crippen LogP contribution >= 0.6 is 0 Å². The number of benzene rings is 1. The highest BCUT2D eigenvalue weighted by Gasteiger charge is 2.06. The van der Waals surface area contributed by atoms with Crippen LogP contribution in [0.5, 0.6) is 0 Å². The maximum absolute atomic E-state index is 11.3. The summed E-state index contributed by atoms with van der Waals surface area (Å²) in [6.07, 6.45) is 3.15. The molecule has 6 nitrogen and oxygen atoms in total. The van der Waals surface area contributed by atoms with E-state index in [-0.39, 0.29) is 5.75 Å². The predicted octanol–water partition coefficient (Wildman–Crippen LogP) is 1.03. The molecule has 0 saturated heterocycles. The zero-order valence-corrected chi connectivity index (χ0v) is 10.1. The van der Waals surface area contributed by atoms with Crippen molar-refractivity contribution >= 4 is 15.7 Å². The van der Waals surface area contributed by atoms with Crippen LogP contribution in [0.15, 0.2) is 36.9 Å². The van der Waals surface area contributed by atoms with Crippen molar-refractivity contribution in [2.45, 2.75) is 6.92 Å². The molecule has 7 heteroatoms. The molecule has 90 valence electrons. The van der Waals surface area contributed by atoms with Gasteiger partial charge in [0.15, 0.2) is 0 Å². The van der Waals surface area contributed by atoms with Crippen LogP contribution < -0.4 is 4.72 Å². The fraction of sp³-hybridized carbons (Fsp3) is 0.200. The number of hydrogen-bond donors (Lipinski definition) is 1. The third kappa shape index (κ3) is 2.82. The van der Waals surface area contributed by atoms with Crippen molar-refractivity contribution in [3.8, 4) is 5.69 Å². The van der Waals surface area contributed by atoms with Gasteiger partial charge in [0.2, 0.25) is 10.0 Å². The summed E-state index contributed by atoms with van der Waals surface area (Å²) in [6.45, 7) is 1.59. The van der Waals surface area contributed by atoms with Crippen molar-refractivity contribution in [2.75, 3.05) is 10.5 Å². The highest BCUT2D eigenvalue weighted by atomic mass is 32.2. The van der Waals surface area contributed by atoms with Gasteiger partial charge in [-0.15, -0.1) is 10.2 Å². The van der Waals surface area contributed by atoms with E-state index in [1.165, 1.54) is 0 Å². The van der Waals surface area contributed by atoms with Crippen molar-refractivity contribution in [1.82, 2.24) is 14.8 Å². The molecule has 0 spiro atoms. The highest BCUT2D eigenvalue weighted by molar-refractivity contribution is 7.92. The van der Waals surface area contributed by atoms with E-state index in [9.17, 15) is 8.42 Å². The molecule has 0 bridgehead atoms. The van der Waals surface area contributed by atoms with Gasteiger partial charge in [0, 0.05) is 11.4 Å². The highest BCUT2D eigenvalue weighted by Crippen LogP contribution is 2.13. The molecule has 1 aromatic heterocycles. The Morgan fingerprint density at radius 2 is 1.76 bits per heavy atom. The summed E-state index contributed by atoms with van der Waals surface area (Å²) in [7, 11) is -3.22. The summed E-state index contributed by atoms with van der Waals surface area (Å²) >= 11 is 0. The van der Waals surface area contributed by atoms with E-state index in [0.29, 0.717) is 5.69 Å². The van der Waals surface area contributed by atoms with Gasteiger partial charge in [0.25, 0.3) is 0 Å². The predicted molar refractivity (Wildman–Crippen MR) is 64.4 cm³/mol. The number of anilines is 1. The summed E-state index contributed by atoms with van der Waals surface area (Å²) in [5.41, 5.74) is 1.41. The molecule has 1 heterocycles. The van der Waals surface area contributed by atoms with E-state index in [1.54, 1.807) is 48.4 Å². The Hall–Kier alpha value is -1.89. The molecule has 0 aliphatic carbocycles. The van der Waals surface area contributed by atoms with Crippen molar-refractivity contribution in [3.63, 3.8) is 0 Å². The fourth-order valence-corrected chi connectivity index (χ4v) is 1.93. The Morgan fingerprint density at radius 3 is 2.29 bits per heavy atom. The first-order valence-corrected chi connectivity index (χ1v) is 6.71. The summed E-state index contributed by atoms with van der Waals surface area (Å²) in [5.74, 6) is 0.0557. The largest absolute Gasteiger partial charge is 0.288 e. The lowest BCUT2D eigenvalue weighted by Gasteiger charge is -2.07. The average molecular weight is 252 g/mol. The van der Waals surface area contributed by atoms with E-state index >= 15 is 0 Å². The average Bonchev–Trinajstić information content (AvgIpc) is 2.83. The van der Waals surface area contributed by atoms with Gasteiger partial charge in [-0.05, 0) is 31.2 Å². The molecule has 0 saturated carbocycles. The van der Waals surface area contributed by atoms with E-state index in [1.807, 2.05) is 0 Å². The normalized spacial score (nSPS) is 11.4. The topological polar surface area (TPSA) is 76.9 Å². The molecule has 0 aliphatic rings. The van der Waals surface area contributed by atoms with Crippen LogP contribution in [0.3, 0.4) is 0 Å². The second kappa shape index (κ2) is 4.54. The minimum atomic E-state index is -3.22. The molecular formula is C10H12N4O2S. The monoisotopic (exact) mass is 252 g/mol. The van der Waals surface area contributed by atoms with Gasteiger partial charge in [0.1, 0.15) is 12.7 Å². The minimum Gasteiger partial charge on any atom is -0.288 e. The number of sulfonamides is 1. The number of nitrogens with zero attached hydrogens (tertiary/aromatic N) is 3. The first-order valence-electron chi connectivity index (χ1n) is 5.06. The van der Waals surface area contributed by atoms with E-state index in [0.717, 1.165) is 5.69 Å². The molecule has 0 unspecified atom stereocenters. The van der Waals surface area contributed by atoms with Gasteiger partial charge < -0.3 is 0 Å². The van der Waals surface area contributed by atoms with E-state index in [4.69, 9.17) is 0 Å². The standard InChI is InChI=1S/C10H12N4O2S/c1-2-17(15,16)13-9-3-5-10(6-4-9)14-7-11-12-8-14/h3-8,13H,2H2,1H3. The zero-order valence-electron chi connectivity index (χ0n) is 9.24. The molecular weight excluding hydrogens is 240 g/mol. The molecule has 0 radical (unpaired) electrons. The first kappa shape index (κ1) is 11.6. The summed E-state index contributed by atoms with van der Waals surface area (Å²) in [5, 5.41) is 7.39. The fourth-order valence-electron chi connectivity index (χ4n) is 1.29. The second-order valence-corrected chi connectivity index (χ2v) is 5.43. The van der Waals surface area contributed by atoms with Crippen LogP contribution in [0.25, 0.3) is 5.69 Å². The summed E-state index contributed by atoms with van der Waals surface area (Å²) < 4.78 is 26.9. The maximum Gasteiger partial charge on any atom is 0.232 e. The van der Waals surface area contributed by atoms with Gasteiger partial charge >= 0.3 is 0 Å². The van der Waals surface area contributed by atoms with Crippen molar-refractivity contribution in [2.24, 2.45) is 0 Å². The molecule has 2 rings (SSSR count). The molecule has 1 aromatic carbocycles. The van der Waals surface area contributed by atoms with Crippen LogP contribution in [0, 0.1) is 0 Å². The summed E-state index contributed by atoms with van der Waals surface area (Å²) in [4.78, 5) is 0. The Morgan fingerprint density at radius 1 is 1.18 bits per heavy atom. The molecule has 0 amide bonds. The van der Waals surface area contributed by atoms with Gasteiger partial charge in [0.05, 0.1) is 5.75 Å². The second-order valence-electron chi connectivity index (χ2n) is 3.42. The summed E-state index contributed by atoms with van der Waals surface area (Å²) in [6, 6.07) is 6.97. The van der Waals surface area contributed by atoms with Crippen LogP contribution in [0.1, 0.15) is 6.92 Å². The number of aromatic nitrogens is 3. The van der Waals surface area contributed by atoms with E-state index < -0.39 is 10.0 Å². The zero-order chi connectivity index (χ0) is 12.3. The maximum atomic E-state index is 11.3. The Kier molecular flexibility index (Phi) is 3.10. The number of hydrogen-bond acceptors (Lipinski definition) is 4. The first-order chi connectivity index (χ1) is 8.11. The third-order valence-electron chi connectivity index (χ3n) is 2.24. The van der Waals surface area contributed by atoms with Gasteiger partial charge in [-0.1, -0.05) is 0 Å². The van der Waals surface area contributed by atoms with Gasteiger partial charge in [-0.25, -0.2) is 8.42 Å². The molecule has 0 aliphatic heterocycles. The van der Waals surface area contributed by atoms with Crippen LogP contribution in [-0.2, 0) is 10.0 Å². The van der Waals surface area contributed by atoms with Crippen LogP contribution in [0.2, 0.25) is 0 Å². The molecule has 2 aromatic rings. The van der Waals surface area contributed by atoms with Gasteiger partial charge in [-0.2, -0.15) is 0 Å². The molecule has 0 fully saturated rings. The number of rotatable bonds is 4. The Labute approximate surface area is 99.4 Å². The van der Waals surface area contributed by atoms with Crippen LogP contribution in [0.4, 0.5) is 5.69 Å². The third-order valence-corrected chi connectivity index (χ3v) is 3.54. The lowest BCUT2D eigenvalue weighted by Crippen LogP contribution is -2.14. The van der Waals surface area contributed by atoms with Crippen molar-refractivity contribution in [1.29, 1.82) is 0 Å². The lowest BCUT2D eigenvalue weighted by atomic mass is 10.3. The molecule has 0 atom stereocenters. The number of nitrogens with one attached hydrogen (secondary N) is 1. The van der Waals surface area contributed by atoms with E-state index in [2.05, 4.69) is 14.9 Å². The van der Waals surface area contributed by atoms with Crippen LogP contribution in [-0.4, -0.2) is 28.9 Å². The SMILES string of the molecule is CCS(=O)(=O)Nc1ccc(-n2cnnc2)cc1. The van der Waals surface area contributed by atoms with Gasteiger partial charge in [-0.3, -0.25) is 9.29 Å². The Balaban J connectivity index is 2.19.